The Kier molecular flexibility index (Phi) is 7.36. The summed E-state index contributed by atoms with van der Waals surface area (Å²) in [4.78, 5) is 12.2. The molecule has 6 heteroatoms. The normalized spacial score (nSPS) is 13.5. The van der Waals surface area contributed by atoms with E-state index in [4.69, 9.17) is 0 Å². The van der Waals surface area contributed by atoms with Crippen LogP contribution in [0.3, 0.4) is 0 Å². The van der Waals surface area contributed by atoms with E-state index in [-0.39, 0.29) is 17.6 Å². The Morgan fingerprint density at radius 1 is 1.43 bits per heavy atom. The Labute approximate surface area is 128 Å². The minimum Gasteiger partial charge on any atom is -0.382 e. The largest absolute Gasteiger partial charge is 0.382 e. The second-order valence-corrected chi connectivity index (χ2v) is 6.58. The average molecular weight is 314 g/mol. The third-order valence-corrected chi connectivity index (χ3v) is 3.84. The second kappa shape index (κ2) is 8.77. The quantitative estimate of drug-likeness (QED) is 0.775. The van der Waals surface area contributed by atoms with Crippen molar-refractivity contribution < 1.29 is 13.4 Å². The molecule has 2 atom stereocenters. The summed E-state index contributed by atoms with van der Waals surface area (Å²) in [7, 11) is -0.881. The molecule has 0 bridgehead atoms. The molecule has 118 valence electrons. The molecule has 0 saturated heterocycles. The molecule has 0 saturated carbocycles. The Bertz CT molecular complexity index is 508. The minimum absolute atomic E-state index is 0.108. The van der Waals surface area contributed by atoms with E-state index in [1.807, 2.05) is 13.8 Å². The number of nitrogens with one attached hydrogen (secondary N) is 2. The molecule has 2 N–H and O–H groups in total. The van der Waals surface area contributed by atoms with Crippen molar-refractivity contribution in [1.29, 1.82) is 0 Å². The van der Waals surface area contributed by atoms with Gasteiger partial charge in [0.05, 0.1) is 11.3 Å². The summed E-state index contributed by atoms with van der Waals surface area (Å²) in [5.74, 6) is -0.216. The molecule has 0 aliphatic carbocycles. The molecule has 4 nitrogen and oxygen atoms in total. The van der Waals surface area contributed by atoms with Crippen molar-refractivity contribution >= 4 is 22.4 Å². The molecule has 0 heterocycles. The van der Waals surface area contributed by atoms with E-state index in [1.165, 1.54) is 12.1 Å². The van der Waals surface area contributed by atoms with Gasteiger partial charge in [0, 0.05) is 35.4 Å². The van der Waals surface area contributed by atoms with Crippen LogP contribution in [0.2, 0.25) is 0 Å². The van der Waals surface area contributed by atoms with Gasteiger partial charge in [-0.25, -0.2) is 4.39 Å². The number of anilines is 1. The number of hydrogen-bond donors (Lipinski definition) is 2. The summed E-state index contributed by atoms with van der Waals surface area (Å²) < 4.78 is 24.9. The zero-order valence-electron chi connectivity index (χ0n) is 12.7. The van der Waals surface area contributed by atoms with Crippen LogP contribution in [0.1, 0.15) is 37.0 Å². The number of rotatable bonds is 8. The van der Waals surface area contributed by atoms with E-state index in [1.54, 1.807) is 12.3 Å². The smallest absolute Gasteiger partial charge is 0.253 e. The van der Waals surface area contributed by atoms with E-state index in [0.717, 1.165) is 6.42 Å². The van der Waals surface area contributed by atoms with Crippen molar-refractivity contribution in [2.75, 3.05) is 23.9 Å². The van der Waals surface area contributed by atoms with E-state index in [0.29, 0.717) is 24.3 Å². The molecule has 1 rings (SSSR count). The Morgan fingerprint density at radius 2 is 2.14 bits per heavy atom. The van der Waals surface area contributed by atoms with Gasteiger partial charge in [0.2, 0.25) is 0 Å². The Hall–Kier alpha value is -1.43. The first-order valence-corrected chi connectivity index (χ1v) is 8.81. The van der Waals surface area contributed by atoms with Gasteiger partial charge in [0.15, 0.2) is 0 Å². The predicted octanol–water partition coefficient (Wildman–Crippen LogP) is 2.53. The van der Waals surface area contributed by atoms with Crippen LogP contribution in [0.4, 0.5) is 10.1 Å². The number of carbonyl (C=O) groups is 1. The molecular weight excluding hydrogens is 291 g/mol. The van der Waals surface area contributed by atoms with Crippen LogP contribution in [0.25, 0.3) is 0 Å². The van der Waals surface area contributed by atoms with Crippen LogP contribution >= 0.6 is 0 Å². The van der Waals surface area contributed by atoms with Crippen LogP contribution in [-0.4, -0.2) is 34.7 Å². The van der Waals surface area contributed by atoms with Crippen molar-refractivity contribution in [3.63, 3.8) is 0 Å². The molecule has 0 spiro atoms. The van der Waals surface area contributed by atoms with Gasteiger partial charge in [-0.1, -0.05) is 13.0 Å². The summed E-state index contributed by atoms with van der Waals surface area (Å²) in [6, 6.07) is 4.34. The van der Waals surface area contributed by atoms with Crippen LogP contribution in [-0.2, 0) is 10.8 Å². The number of para-hydroxylation sites is 1. The van der Waals surface area contributed by atoms with Gasteiger partial charge in [0.1, 0.15) is 5.82 Å². The van der Waals surface area contributed by atoms with Gasteiger partial charge < -0.3 is 10.6 Å². The van der Waals surface area contributed by atoms with Crippen molar-refractivity contribution in [3.05, 3.63) is 29.6 Å². The summed E-state index contributed by atoms with van der Waals surface area (Å²) in [6.07, 6.45) is 3.10. The van der Waals surface area contributed by atoms with Crippen LogP contribution in [0.5, 0.6) is 0 Å². The monoisotopic (exact) mass is 314 g/mol. The standard InChI is InChI=1S/C15H23FN2O2S/c1-4-9-17-14-12(6-5-7-13(14)16)15(19)18-11(2)8-10-21(3)20/h5-7,11,17H,4,8-10H2,1-3H3,(H,18,19). The molecule has 0 radical (unpaired) electrons. The lowest BCUT2D eigenvalue weighted by atomic mass is 10.1. The molecule has 0 aromatic heterocycles. The second-order valence-electron chi connectivity index (χ2n) is 5.03. The maximum absolute atomic E-state index is 13.8. The molecular formula is C15H23FN2O2S. The third-order valence-electron chi connectivity index (χ3n) is 3.03. The van der Waals surface area contributed by atoms with E-state index < -0.39 is 16.6 Å². The molecule has 1 aromatic carbocycles. The molecule has 1 amide bonds. The Balaban J connectivity index is 2.77. The molecule has 0 aliphatic heterocycles. The molecule has 0 fully saturated rings. The van der Waals surface area contributed by atoms with Gasteiger partial charge in [-0.3, -0.25) is 9.00 Å². The van der Waals surface area contributed by atoms with Crippen molar-refractivity contribution in [3.8, 4) is 0 Å². The highest BCUT2D eigenvalue weighted by Gasteiger charge is 2.16. The van der Waals surface area contributed by atoms with Crippen LogP contribution in [0.15, 0.2) is 18.2 Å². The lowest BCUT2D eigenvalue weighted by Gasteiger charge is -2.16. The Morgan fingerprint density at radius 3 is 2.76 bits per heavy atom. The SMILES string of the molecule is CCCNc1c(F)cccc1C(=O)NC(C)CCS(C)=O. The zero-order valence-corrected chi connectivity index (χ0v) is 13.6. The first kappa shape index (κ1) is 17.6. The maximum Gasteiger partial charge on any atom is 0.253 e. The van der Waals surface area contributed by atoms with Crippen molar-refractivity contribution in [2.45, 2.75) is 32.7 Å². The van der Waals surface area contributed by atoms with Gasteiger partial charge >= 0.3 is 0 Å². The fraction of sp³-hybridized carbons (Fsp3) is 0.533. The summed E-state index contributed by atoms with van der Waals surface area (Å²) in [5, 5.41) is 5.77. The van der Waals surface area contributed by atoms with Crippen molar-refractivity contribution in [1.82, 2.24) is 5.32 Å². The summed E-state index contributed by atoms with van der Waals surface area (Å²) >= 11 is 0. The topological polar surface area (TPSA) is 58.2 Å². The minimum atomic E-state index is -0.881. The zero-order chi connectivity index (χ0) is 15.8. The number of amides is 1. The summed E-state index contributed by atoms with van der Waals surface area (Å²) in [5.41, 5.74) is 0.538. The fourth-order valence-corrected chi connectivity index (χ4v) is 2.54. The van der Waals surface area contributed by atoms with Crippen molar-refractivity contribution in [2.24, 2.45) is 0 Å². The average Bonchev–Trinajstić information content (AvgIpc) is 2.43. The number of halogens is 1. The van der Waals surface area contributed by atoms with E-state index >= 15 is 0 Å². The number of hydrogen-bond acceptors (Lipinski definition) is 3. The number of benzene rings is 1. The highest BCUT2D eigenvalue weighted by atomic mass is 32.2. The summed E-state index contributed by atoms with van der Waals surface area (Å²) in [6.45, 7) is 4.43. The van der Waals surface area contributed by atoms with Gasteiger partial charge in [0.25, 0.3) is 5.91 Å². The van der Waals surface area contributed by atoms with Gasteiger partial charge in [-0.05, 0) is 31.9 Å². The van der Waals surface area contributed by atoms with Gasteiger partial charge in [-0.15, -0.1) is 0 Å². The molecule has 2 unspecified atom stereocenters. The first-order valence-electron chi connectivity index (χ1n) is 7.09. The molecule has 0 aliphatic rings. The molecule has 1 aromatic rings. The van der Waals surface area contributed by atoms with Crippen LogP contribution < -0.4 is 10.6 Å². The maximum atomic E-state index is 13.8. The fourth-order valence-electron chi connectivity index (χ4n) is 1.86. The first-order chi connectivity index (χ1) is 9.95. The van der Waals surface area contributed by atoms with Gasteiger partial charge in [-0.2, -0.15) is 0 Å². The van der Waals surface area contributed by atoms with E-state index in [9.17, 15) is 13.4 Å². The lowest BCUT2D eigenvalue weighted by molar-refractivity contribution is 0.0940. The highest BCUT2D eigenvalue weighted by Crippen LogP contribution is 2.20. The predicted molar refractivity (Wildman–Crippen MR) is 85.7 cm³/mol. The van der Waals surface area contributed by atoms with Crippen LogP contribution in [0, 0.1) is 5.82 Å². The highest BCUT2D eigenvalue weighted by molar-refractivity contribution is 7.84. The molecule has 21 heavy (non-hydrogen) atoms. The number of carbonyl (C=O) groups excluding carboxylic acids is 1. The lowest BCUT2D eigenvalue weighted by Crippen LogP contribution is -2.34. The third kappa shape index (κ3) is 5.83. The van der Waals surface area contributed by atoms with E-state index in [2.05, 4.69) is 10.6 Å².